The molecule has 7 heteroatoms. The van der Waals surface area contributed by atoms with Gasteiger partial charge >= 0.3 is 6.21 Å². The fourth-order valence-corrected chi connectivity index (χ4v) is 3.91. The summed E-state index contributed by atoms with van der Waals surface area (Å²) >= 11 is 2.28. The maximum absolute atomic E-state index is 12.9. The monoisotopic (exact) mass is 546 g/mol. The van der Waals surface area contributed by atoms with Crippen LogP contribution in [0.3, 0.4) is 0 Å². The number of nitrogens with one attached hydrogen (secondary N) is 2. The maximum atomic E-state index is 12.9. The molecule has 2 N–H and O–H groups in total. The van der Waals surface area contributed by atoms with E-state index in [-0.39, 0.29) is 17.7 Å². The lowest BCUT2D eigenvalue weighted by molar-refractivity contribution is -0.118. The van der Waals surface area contributed by atoms with Gasteiger partial charge in [-0.05, 0) is 76.7 Å². The van der Waals surface area contributed by atoms with Crippen LogP contribution >= 0.6 is 22.6 Å². The number of hydrogen-bond donors (Lipinski definition) is 2. The summed E-state index contributed by atoms with van der Waals surface area (Å²) in [6.07, 6.45) is 3.16. The summed E-state index contributed by atoms with van der Waals surface area (Å²) in [5.41, 5.74) is 11.4. The minimum absolute atomic E-state index is 0.128. The Kier molecular flexibility index (Phi) is 10.7. The molecule has 0 aliphatic rings. The second-order valence-corrected chi connectivity index (χ2v) is 9.53. The van der Waals surface area contributed by atoms with Gasteiger partial charge in [-0.15, -0.1) is 0 Å². The summed E-state index contributed by atoms with van der Waals surface area (Å²) in [5.74, 6) is -0.0262. The van der Waals surface area contributed by atoms with E-state index in [1.54, 1.807) is 0 Å². The van der Waals surface area contributed by atoms with Crippen molar-refractivity contribution in [3.63, 3.8) is 0 Å². The van der Waals surface area contributed by atoms with Gasteiger partial charge in [0, 0.05) is 21.7 Å². The number of carbonyl (C=O) groups excluding carboxylic acids is 2. The van der Waals surface area contributed by atoms with Gasteiger partial charge < -0.3 is 16.2 Å². The molecule has 32 heavy (non-hydrogen) atoms. The number of rotatable bonds is 12. The number of carbonyl (C=O) groups is 2. The second-order valence-electron chi connectivity index (χ2n) is 8.28. The molecule has 2 aromatic rings. The standard InChI is InChI=1S/C25H31IN4O2/c1-4-5-23(24(31)16-29-27)28-15-22(14-17(2)3)30-25(32)20-8-6-18(7-9-20)19-10-12-21(26)13-11-19/h6-13,16-17,22-23,28H,4-5,14-15H2,1-3H3,(H,30,32)/t22-,23?/m0/s1. The molecular formula is C25H31IN4O2. The molecule has 0 aromatic heterocycles. The predicted octanol–water partition coefficient (Wildman–Crippen LogP) is 4.73. The highest BCUT2D eigenvalue weighted by Crippen LogP contribution is 2.21. The van der Waals surface area contributed by atoms with Crippen molar-refractivity contribution in [3.05, 3.63) is 63.2 Å². The Morgan fingerprint density at radius 2 is 1.66 bits per heavy atom. The molecule has 0 fully saturated rings. The summed E-state index contributed by atoms with van der Waals surface area (Å²) in [4.78, 5) is 27.8. The van der Waals surface area contributed by atoms with Crippen LogP contribution in [-0.4, -0.2) is 41.3 Å². The summed E-state index contributed by atoms with van der Waals surface area (Å²) in [5, 5.41) is 6.34. The Morgan fingerprint density at radius 3 is 2.19 bits per heavy atom. The molecule has 0 heterocycles. The minimum Gasteiger partial charge on any atom is -0.361 e. The van der Waals surface area contributed by atoms with Crippen molar-refractivity contribution in [1.29, 1.82) is 0 Å². The molecule has 0 bridgehead atoms. The third kappa shape index (κ3) is 8.30. The van der Waals surface area contributed by atoms with Crippen LogP contribution in [0.2, 0.25) is 0 Å². The van der Waals surface area contributed by atoms with E-state index in [1.165, 1.54) is 3.57 Å². The zero-order valence-electron chi connectivity index (χ0n) is 18.8. The van der Waals surface area contributed by atoms with E-state index < -0.39 is 6.04 Å². The van der Waals surface area contributed by atoms with Gasteiger partial charge in [0.2, 0.25) is 0 Å². The SMILES string of the molecule is CCCC(NC[C@H](CC(C)C)NC(=O)c1ccc(-c2ccc(I)cc2)cc1)C(=O)C=[N+]=[N-]. The zero-order valence-corrected chi connectivity index (χ0v) is 21.0. The first-order valence-corrected chi connectivity index (χ1v) is 12.0. The highest BCUT2D eigenvalue weighted by Gasteiger charge is 2.22. The van der Waals surface area contributed by atoms with Crippen LogP contribution in [-0.2, 0) is 4.79 Å². The highest BCUT2D eigenvalue weighted by molar-refractivity contribution is 14.1. The third-order valence-corrected chi connectivity index (χ3v) is 5.85. The molecule has 1 unspecified atom stereocenters. The first-order valence-electron chi connectivity index (χ1n) is 11.0. The zero-order chi connectivity index (χ0) is 23.5. The number of Topliss-reactive ketones (excluding diaryl/α,β-unsaturated/α-hetero) is 1. The molecule has 0 aliphatic carbocycles. The number of halogens is 1. The van der Waals surface area contributed by atoms with Crippen LogP contribution in [0, 0.1) is 9.49 Å². The van der Waals surface area contributed by atoms with Crippen molar-refractivity contribution < 1.29 is 14.4 Å². The van der Waals surface area contributed by atoms with E-state index in [1.807, 2.05) is 31.2 Å². The van der Waals surface area contributed by atoms with E-state index in [0.29, 0.717) is 24.4 Å². The first kappa shape index (κ1) is 25.9. The largest absolute Gasteiger partial charge is 0.361 e. The molecule has 2 rings (SSSR count). The molecule has 0 saturated carbocycles. The van der Waals surface area contributed by atoms with Gasteiger partial charge in [0.05, 0.1) is 6.04 Å². The molecule has 1 amide bonds. The van der Waals surface area contributed by atoms with Crippen molar-refractivity contribution in [1.82, 2.24) is 10.6 Å². The molecule has 2 aromatic carbocycles. The Morgan fingerprint density at radius 1 is 1.06 bits per heavy atom. The molecule has 0 spiro atoms. The summed E-state index contributed by atoms with van der Waals surface area (Å²) in [6, 6.07) is 15.3. The average Bonchev–Trinajstić information content (AvgIpc) is 2.76. The van der Waals surface area contributed by atoms with Crippen molar-refractivity contribution >= 4 is 40.5 Å². The molecular weight excluding hydrogens is 515 g/mol. The van der Waals surface area contributed by atoms with Crippen molar-refractivity contribution in [2.75, 3.05) is 6.54 Å². The first-order chi connectivity index (χ1) is 15.3. The van der Waals surface area contributed by atoms with Crippen LogP contribution in [0.15, 0.2) is 48.5 Å². The molecule has 0 radical (unpaired) electrons. The number of nitrogens with zero attached hydrogens (tertiary/aromatic N) is 2. The number of ketones is 1. The van der Waals surface area contributed by atoms with E-state index >= 15 is 0 Å². The lowest BCUT2D eigenvalue weighted by Crippen LogP contribution is -2.48. The maximum Gasteiger partial charge on any atom is 0.324 e. The Labute approximate surface area is 203 Å². The molecule has 6 nitrogen and oxygen atoms in total. The predicted molar refractivity (Wildman–Crippen MR) is 137 cm³/mol. The van der Waals surface area contributed by atoms with Gasteiger partial charge in [-0.1, -0.05) is 51.5 Å². The second kappa shape index (κ2) is 13.3. The third-order valence-electron chi connectivity index (χ3n) is 5.13. The smallest absolute Gasteiger partial charge is 0.324 e. The lowest BCUT2D eigenvalue weighted by atomic mass is 10.0. The van der Waals surface area contributed by atoms with E-state index in [2.05, 4.69) is 76.1 Å². The average molecular weight is 546 g/mol. The quantitative estimate of drug-likeness (QED) is 0.175. The van der Waals surface area contributed by atoms with Crippen molar-refractivity contribution in [3.8, 4) is 11.1 Å². The van der Waals surface area contributed by atoms with Gasteiger partial charge in [0.1, 0.15) is 0 Å². The van der Waals surface area contributed by atoms with Gasteiger partial charge in [0.25, 0.3) is 11.7 Å². The lowest BCUT2D eigenvalue weighted by Gasteiger charge is -2.23. The number of benzene rings is 2. The fourth-order valence-electron chi connectivity index (χ4n) is 3.55. The number of hydrogen-bond acceptors (Lipinski definition) is 3. The normalized spacial score (nSPS) is 12.7. The molecule has 2 atom stereocenters. The van der Waals surface area contributed by atoms with Crippen molar-refractivity contribution in [2.24, 2.45) is 5.92 Å². The summed E-state index contributed by atoms with van der Waals surface area (Å²) in [6.45, 7) is 6.65. The van der Waals surface area contributed by atoms with Gasteiger partial charge in [-0.3, -0.25) is 9.59 Å². The van der Waals surface area contributed by atoms with Crippen LogP contribution in [0.25, 0.3) is 16.7 Å². The highest BCUT2D eigenvalue weighted by atomic mass is 127. The molecule has 170 valence electrons. The van der Waals surface area contributed by atoms with Crippen LogP contribution < -0.4 is 10.6 Å². The van der Waals surface area contributed by atoms with Gasteiger partial charge in [-0.2, -0.15) is 4.79 Å². The Hall–Kier alpha value is -2.35. The Balaban J connectivity index is 2.05. The van der Waals surface area contributed by atoms with Crippen LogP contribution in [0.5, 0.6) is 0 Å². The summed E-state index contributed by atoms with van der Waals surface area (Å²) in [7, 11) is 0. The van der Waals surface area contributed by atoms with Crippen LogP contribution in [0.4, 0.5) is 0 Å². The van der Waals surface area contributed by atoms with E-state index in [9.17, 15) is 9.59 Å². The molecule has 0 saturated heterocycles. The fraction of sp³-hybridized carbons (Fsp3) is 0.400. The van der Waals surface area contributed by atoms with Gasteiger partial charge in [0.15, 0.2) is 0 Å². The topological polar surface area (TPSA) is 94.6 Å². The van der Waals surface area contributed by atoms with Crippen molar-refractivity contribution in [2.45, 2.75) is 52.1 Å². The van der Waals surface area contributed by atoms with E-state index in [4.69, 9.17) is 5.53 Å². The van der Waals surface area contributed by atoms with E-state index in [0.717, 1.165) is 30.2 Å². The number of amides is 1. The molecule has 0 aliphatic heterocycles. The Bertz CT molecular complexity index is 935. The van der Waals surface area contributed by atoms with Crippen LogP contribution in [0.1, 0.15) is 50.4 Å². The summed E-state index contributed by atoms with van der Waals surface area (Å²) < 4.78 is 1.18. The minimum atomic E-state index is -0.435. The van der Waals surface area contributed by atoms with Gasteiger partial charge in [-0.25, -0.2) is 0 Å².